The largest absolute Gasteiger partial charge is 0.472 e. The van der Waals surface area contributed by atoms with Crippen LogP contribution in [0.15, 0.2) is 170 Å². The van der Waals surface area contributed by atoms with Gasteiger partial charge in [-0.3, -0.25) is 37.3 Å². The highest BCUT2D eigenvalue weighted by Crippen LogP contribution is 2.45. The number of carbonyl (C=O) groups excluding carboxylic acids is 4. The number of allylic oxidation sites excluding steroid dienone is 28. The molecule has 0 rings (SSSR count). The number of aliphatic hydroxyl groups is 1. The molecular weight excluding hydrogens is 1430 g/mol. The molecular formula is C91H150O17P2. The minimum absolute atomic E-state index is 0.0293. The number of unbranched alkanes of at least 4 members (excludes halogenated alkanes) is 24. The van der Waals surface area contributed by atoms with Crippen molar-refractivity contribution in [3.8, 4) is 0 Å². The highest BCUT2D eigenvalue weighted by Gasteiger charge is 2.30. The van der Waals surface area contributed by atoms with E-state index >= 15 is 0 Å². The summed E-state index contributed by atoms with van der Waals surface area (Å²) >= 11 is 0. The van der Waals surface area contributed by atoms with Crippen LogP contribution in [-0.2, 0) is 65.4 Å². The van der Waals surface area contributed by atoms with E-state index in [-0.39, 0.29) is 25.7 Å². The number of hydrogen-bond acceptors (Lipinski definition) is 15. The zero-order chi connectivity index (χ0) is 80.3. The van der Waals surface area contributed by atoms with Gasteiger partial charge < -0.3 is 33.8 Å². The molecule has 0 aliphatic carbocycles. The lowest BCUT2D eigenvalue weighted by atomic mass is 10.1. The molecule has 0 spiro atoms. The Bertz CT molecular complexity index is 2750. The number of hydrogen-bond donors (Lipinski definition) is 3. The van der Waals surface area contributed by atoms with E-state index in [0.29, 0.717) is 32.1 Å². The standard InChI is InChI=1S/C91H150O17P2/c1-5-9-13-17-21-25-29-33-37-40-42-45-48-51-55-59-63-67-71-75-88(93)101-81-86(107-90(95)77-73-69-65-61-57-53-47-36-32-28-24-20-16-12-8-4)83-105-109(97,98)103-79-85(92)80-104-110(99,100)106-84-87(108-91(96)78-74-70-66-62-58-54-50-44-39-35-31-27-23-19-15-11-7-3)82-102-89(94)76-72-68-64-60-56-52-49-46-43-41-38-34-30-26-22-18-14-10-6-2/h9,11,13,15,21-23,25-27,33-39,42-43,45-47,50-51,54-55,63,67,85-87,92H,5-8,10,12,14,16-20,24,28-32,40-41,44,48-49,52-53,56-62,64-66,68-84H2,1-4H3,(H,97,98)(H,99,100)/b13-9-,15-11-,25-21-,26-22-,27-23-,37-33-,38-34-,39-35-,45-42-,46-43-,47-36-,54-50-,55-51-,67-63-. The van der Waals surface area contributed by atoms with Gasteiger partial charge in [-0.25, -0.2) is 9.13 Å². The molecule has 0 aromatic heterocycles. The monoisotopic (exact) mass is 1580 g/mol. The van der Waals surface area contributed by atoms with Gasteiger partial charge in [0.05, 0.1) is 26.4 Å². The van der Waals surface area contributed by atoms with Gasteiger partial charge in [0.2, 0.25) is 0 Å². The van der Waals surface area contributed by atoms with Crippen molar-refractivity contribution >= 4 is 39.5 Å². The van der Waals surface area contributed by atoms with E-state index < -0.39 is 97.5 Å². The van der Waals surface area contributed by atoms with Gasteiger partial charge in [0, 0.05) is 25.7 Å². The molecule has 5 atom stereocenters. The SMILES string of the molecule is CC/C=C\C/C=C\C/C=C\C/C=C\C/C=C\C/C=C\CCC(=O)OCC(COP(=O)(O)OCC(O)COP(=O)(O)OCC(COC(=O)CCCCCCCC/C=C\C/C=C\C/C=C\CCCCC)OC(=O)CCCCCC/C=C\C/C=C\C/C=C\C/C=C\CC)OC(=O)CCCCCCC/C=C\CCCCCCCC. The van der Waals surface area contributed by atoms with Crippen molar-refractivity contribution in [2.45, 2.75) is 341 Å². The van der Waals surface area contributed by atoms with Crippen LogP contribution in [0.3, 0.4) is 0 Å². The summed E-state index contributed by atoms with van der Waals surface area (Å²) in [5, 5.41) is 10.7. The summed E-state index contributed by atoms with van der Waals surface area (Å²) < 4.78 is 68.7. The average molecular weight is 1580 g/mol. The Morgan fingerprint density at radius 3 is 0.809 bits per heavy atom. The molecule has 5 unspecified atom stereocenters. The Morgan fingerprint density at radius 2 is 0.491 bits per heavy atom. The van der Waals surface area contributed by atoms with Crippen molar-refractivity contribution < 1.29 is 80.2 Å². The number of phosphoric ester groups is 2. The maximum atomic E-state index is 13.1. The predicted molar refractivity (Wildman–Crippen MR) is 454 cm³/mol. The van der Waals surface area contributed by atoms with Crippen LogP contribution < -0.4 is 0 Å². The Kier molecular flexibility index (Phi) is 77.3. The summed E-state index contributed by atoms with van der Waals surface area (Å²) in [5.41, 5.74) is 0. The van der Waals surface area contributed by atoms with E-state index in [1.807, 2.05) is 18.2 Å². The summed E-state index contributed by atoms with van der Waals surface area (Å²) in [4.78, 5) is 73.2. The van der Waals surface area contributed by atoms with Gasteiger partial charge in [0.15, 0.2) is 12.2 Å². The first kappa shape index (κ1) is 104. The van der Waals surface area contributed by atoms with Gasteiger partial charge >= 0.3 is 39.5 Å². The second-order valence-electron chi connectivity index (χ2n) is 27.6. The molecule has 0 radical (unpaired) electrons. The van der Waals surface area contributed by atoms with Crippen LogP contribution >= 0.6 is 15.6 Å². The van der Waals surface area contributed by atoms with E-state index in [0.717, 1.165) is 180 Å². The maximum Gasteiger partial charge on any atom is 0.472 e. The van der Waals surface area contributed by atoms with Crippen LogP contribution in [0.5, 0.6) is 0 Å². The lowest BCUT2D eigenvalue weighted by molar-refractivity contribution is -0.161. The highest BCUT2D eigenvalue weighted by atomic mass is 31.2. The summed E-state index contributed by atoms with van der Waals surface area (Å²) in [6, 6.07) is 0. The van der Waals surface area contributed by atoms with E-state index in [9.17, 15) is 43.2 Å². The first-order valence-corrected chi connectivity index (χ1v) is 45.4. The Hall–Kier alpha value is -5.58. The van der Waals surface area contributed by atoms with Crippen molar-refractivity contribution in [3.05, 3.63) is 170 Å². The molecule has 0 fully saturated rings. The van der Waals surface area contributed by atoms with Crippen LogP contribution in [0.2, 0.25) is 0 Å². The van der Waals surface area contributed by atoms with Crippen LogP contribution in [0.1, 0.15) is 323 Å². The van der Waals surface area contributed by atoms with Crippen LogP contribution in [0.25, 0.3) is 0 Å². The lowest BCUT2D eigenvalue weighted by Gasteiger charge is -2.21. The lowest BCUT2D eigenvalue weighted by Crippen LogP contribution is -2.30. The Morgan fingerprint density at radius 1 is 0.264 bits per heavy atom. The topological polar surface area (TPSA) is 237 Å². The smallest absolute Gasteiger partial charge is 0.462 e. The van der Waals surface area contributed by atoms with Gasteiger partial charge in [-0.1, -0.05) is 301 Å². The first-order chi connectivity index (χ1) is 53.7. The van der Waals surface area contributed by atoms with Crippen LogP contribution in [-0.4, -0.2) is 96.7 Å². The number of phosphoric acid groups is 2. The molecule has 110 heavy (non-hydrogen) atoms. The fourth-order valence-electron chi connectivity index (χ4n) is 10.8. The zero-order valence-corrected chi connectivity index (χ0v) is 70.4. The molecule has 626 valence electrons. The van der Waals surface area contributed by atoms with E-state index in [1.165, 1.54) is 57.8 Å². The molecule has 19 heteroatoms. The summed E-state index contributed by atoms with van der Waals surface area (Å²) in [6.07, 6.45) is 97.6. The Labute approximate surface area is 667 Å². The molecule has 0 bridgehead atoms. The van der Waals surface area contributed by atoms with E-state index in [1.54, 1.807) is 0 Å². The minimum Gasteiger partial charge on any atom is -0.462 e. The molecule has 0 saturated carbocycles. The highest BCUT2D eigenvalue weighted by molar-refractivity contribution is 7.47. The second kappa shape index (κ2) is 81.4. The number of carbonyl (C=O) groups is 4. The third-order valence-corrected chi connectivity index (χ3v) is 19.1. The average Bonchev–Trinajstić information content (AvgIpc) is 0.899. The van der Waals surface area contributed by atoms with Crippen LogP contribution in [0, 0.1) is 0 Å². The quantitative estimate of drug-likeness (QED) is 0.0169. The molecule has 0 heterocycles. The third kappa shape index (κ3) is 80.5. The molecule has 0 aromatic carbocycles. The summed E-state index contributed by atoms with van der Waals surface area (Å²) in [7, 11) is -10.0. The van der Waals surface area contributed by atoms with Gasteiger partial charge in [0.1, 0.15) is 19.3 Å². The molecule has 3 N–H and O–H groups in total. The predicted octanol–water partition coefficient (Wildman–Crippen LogP) is 25.3. The minimum atomic E-state index is -5.01. The van der Waals surface area contributed by atoms with Crippen molar-refractivity contribution in [2.24, 2.45) is 0 Å². The summed E-state index contributed by atoms with van der Waals surface area (Å²) in [6.45, 7) is 4.49. The maximum absolute atomic E-state index is 13.1. The number of ether oxygens (including phenoxy) is 4. The van der Waals surface area contributed by atoms with Gasteiger partial charge in [0.25, 0.3) is 0 Å². The fourth-order valence-corrected chi connectivity index (χ4v) is 12.3. The third-order valence-electron chi connectivity index (χ3n) is 17.2. The fraction of sp³-hybridized carbons (Fsp3) is 0.648. The molecule has 0 saturated heterocycles. The zero-order valence-electron chi connectivity index (χ0n) is 68.6. The number of esters is 4. The first-order valence-electron chi connectivity index (χ1n) is 42.4. The number of rotatable bonds is 78. The van der Waals surface area contributed by atoms with Gasteiger partial charge in [-0.2, -0.15) is 0 Å². The van der Waals surface area contributed by atoms with Crippen molar-refractivity contribution in [2.75, 3.05) is 39.6 Å². The molecule has 17 nitrogen and oxygen atoms in total. The Balaban J connectivity index is 5.49. The van der Waals surface area contributed by atoms with Gasteiger partial charge in [-0.05, 0) is 167 Å². The molecule has 0 aliphatic heterocycles. The van der Waals surface area contributed by atoms with E-state index in [4.69, 9.17) is 37.0 Å². The molecule has 0 amide bonds. The van der Waals surface area contributed by atoms with Crippen LogP contribution in [0.4, 0.5) is 0 Å². The normalized spacial score (nSPS) is 14.6. The number of aliphatic hydroxyl groups excluding tert-OH is 1. The van der Waals surface area contributed by atoms with Crippen molar-refractivity contribution in [3.63, 3.8) is 0 Å². The van der Waals surface area contributed by atoms with E-state index in [2.05, 4.69) is 180 Å². The second-order valence-corrected chi connectivity index (χ2v) is 30.6. The summed E-state index contributed by atoms with van der Waals surface area (Å²) in [5.74, 6) is -2.33. The molecule has 0 aromatic rings. The van der Waals surface area contributed by atoms with Crippen molar-refractivity contribution in [1.82, 2.24) is 0 Å². The molecule has 0 aliphatic rings. The van der Waals surface area contributed by atoms with Gasteiger partial charge in [-0.15, -0.1) is 0 Å². The van der Waals surface area contributed by atoms with Crippen molar-refractivity contribution in [1.29, 1.82) is 0 Å².